The van der Waals surface area contributed by atoms with Crippen LogP contribution in [0, 0.1) is 0 Å². The maximum atomic E-state index is 10.6. The molecule has 1 heterocycles. The van der Waals surface area contributed by atoms with Gasteiger partial charge in [-0.25, -0.2) is 9.59 Å². The van der Waals surface area contributed by atoms with Crippen molar-refractivity contribution in [3.05, 3.63) is 25.0 Å². The van der Waals surface area contributed by atoms with Gasteiger partial charge in [0.15, 0.2) is 0 Å². The first kappa shape index (κ1) is 13.2. The second kappa shape index (κ2) is 5.85. The number of ether oxygens (including phenoxy) is 1. The first-order chi connectivity index (χ1) is 6.98. The molecule has 0 aliphatic carbocycles. The van der Waals surface area contributed by atoms with E-state index in [-0.39, 0.29) is 0 Å². The van der Waals surface area contributed by atoms with Gasteiger partial charge in [-0.3, -0.25) is 0 Å². The van der Waals surface area contributed by atoms with Crippen LogP contribution in [0.1, 0.15) is 19.8 Å². The number of rotatable bonds is 3. The zero-order valence-corrected chi connectivity index (χ0v) is 8.47. The van der Waals surface area contributed by atoms with E-state index in [9.17, 15) is 9.59 Å². The number of hydrogen-bond donors (Lipinski definition) is 2. The van der Waals surface area contributed by atoms with Gasteiger partial charge in [-0.2, -0.15) is 0 Å². The van der Waals surface area contributed by atoms with E-state index in [1.54, 1.807) is 13.0 Å². The first-order valence-electron chi connectivity index (χ1n) is 4.40. The lowest BCUT2D eigenvalue weighted by Crippen LogP contribution is -2.36. The number of carboxylic acid groups (broad SMARTS) is 2. The van der Waals surface area contributed by atoms with E-state index < -0.39 is 17.5 Å². The summed E-state index contributed by atoms with van der Waals surface area (Å²) < 4.78 is 4.97. The Balaban J connectivity index is 0.000000336. The predicted octanol–water partition coefficient (Wildman–Crippen LogP) is 1.41. The van der Waals surface area contributed by atoms with Crippen LogP contribution >= 0.6 is 0 Å². The minimum atomic E-state index is -0.981. The zero-order chi connectivity index (χ0) is 11.9. The molecule has 0 aromatic carbocycles. The second-order valence-corrected chi connectivity index (χ2v) is 2.89. The summed E-state index contributed by atoms with van der Waals surface area (Å²) in [5.41, 5.74) is -0.958. The fourth-order valence-corrected chi connectivity index (χ4v) is 0.982. The van der Waals surface area contributed by atoms with Crippen LogP contribution in [0.2, 0.25) is 0 Å². The van der Waals surface area contributed by atoms with Crippen LogP contribution in [0.3, 0.4) is 0 Å². The maximum Gasteiger partial charge on any atom is 0.348 e. The molecule has 0 fully saturated rings. The lowest BCUT2D eigenvalue weighted by atomic mass is 9.98. The molecule has 1 rings (SSSR count). The van der Waals surface area contributed by atoms with Crippen molar-refractivity contribution in [1.82, 2.24) is 0 Å². The number of aliphatic carboxylic acids is 2. The van der Waals surface area contributed by atoms with Crippen molar-refractivity contribution < 1.29 is 24.5 Å². The van der Waals surface area contributed by atoms with E-state index in [0.29, 0.717) is 12.8 Å². The average Bonchev–Trinajstić information content (AvgIpc) is 2.68. The molecule has 0 saturated carbocycles. The largest absolute Gasteiger partial charge is 0.483 e. The lowest BCUT2D eigenvalue weighted by molar-refractivity contribution is -0.157. The van der Waals surface area contributed by atoms with Crippen LogP contribution in [-0.4, -0.2) is 27.8 Å². The Morgan fingerprint density at radius 2 is 2.13 bits per heavy atom. The standard InChI is InChI=1S/C7H10O3.C3H4O2/c1-2-7(6(8)9)4-3-5-10-7;1-2-3(4)5/h3,5H,2,4H2,1H3,(H,8,9);2H,1H2,(H,4,5). The van der Waals surface area contributed by atoms with E-state index in [0.717, 1.165) is 6.08 Å². The minimum absolute atomic E-state index is 0.485. The van der Waals surface area contributed by atoms with Crippen molar-refractivity contribution >= 4 is 11.9 Å². The van der Waals surface area contributed by atoms with Crippen molar-refractivity contribution in [2.24, 2.45) is 0 Å². The molecule has 2 N–H and O–H groups in total. The SMILES string of the molecule is C=CC(=O)O.CCC1(C(=O)O)CC=CO1. The van der Waals surface area contributed by atoms with Gasteiger partial charge in [-0.05, 0) is 12.5 Å². The Labute approximate surface area is 87.7 Å². The summed E-state index contributed by atoms with van der Waals surface area (Å²) in [5, 5.41) is 16.3. The molecule has 0 radical (unpaired) electrons. The van der Waals surface area contributed by atoms with E-state index in [1.807, 2.05) is 0 Å². The van der Waals surface area contributed by atoms with Crippen molar-refractivity contribution in [3.8, 4) is 0 Å². The van der Waals surface area contributed by atoms with E-state index in [1.165, 1.54) is 6.26 Å². The summed E-state index contributed by atoms with van der Waals surface area (Å²) >= 11 is 0. The summed E-state index contributed by atoms with van der Waals surface area (Å²) in [6.07, 6.45) is 5.02. The van der Waals surface area contributed by atoms with Crippen molar-refractivity contribution in [3.63, 3.8) is 0 Å². The van der Waals surface area contributed by atoms with Gasteiger partial charge in [0.2, 0.25) is 5.60 Å². The molecular formula is C10H14O5. The molecule has 5 heteroatoms. The smallest absolute Gasteiger partial charge is 0.348 e. The van der Waals surface area contributed by atoms with Gasteiger partial charge in [0.05, 0.1) is 6.26 Å². The fourth-order valence-electron chi connectivity index (χ4n) is 0.982. The van der Waals surface area contributed by atoms with E-state index in [2.05, 4.69) is 6.58 Å². The van der Waals surface area contributed by atoms with Crippen LogP contribution in [-0.2, 0) is 14.3 Å². The Bertz CT molecular complexity index is 272. The number of carboxylic acids is 2. The number of carbonyl (C=O) groups is 2. The summed E-state index contributed by atoms with van der Waals surface area (Å²) in [6, 6.07) is 0. The molecule has 0 aromatic heterocycles. The van der Waals surface area contributed by atoms with Gasteiger partial charge < -0.3 is 14.9 Å². The van der Waals surface area contributed by atoms with Gasteiger partial charge in [-0.1, -0.05) is 13.5 Å². The summed E-state index contributed by atoms with van der Waals surface area (Å²) in [6.45, 7) is 4.77. The fraction of sp³-hybridized carbons (Fsp3) is 0.400. The average molecular weight is 214 g/mol. The Morgan fingerprint density at radius 3 is 2.27 bits per heavy atom. The molecule has 0 spiro atoms. The van der Waals surface area contributed by atoms with Crippen molar-refractivity contribution in [1.29, 1.82) is 0 Å². The van der Waals surface area contributed by atoms with Gasteiger partial charge in [0.25, 0.3) is 0 Å². The number of hydrogen-bond acceptors (Lipinski definition) is 3. The van der Waals surface area contributed by atoms with Gasteiger partial charge in [0, 0.05) is 12.5 Å². The van der Waals surface area contributed by atoms with E-state index in [4.69, 9.17) is 14.9 Å². The van der Waals surface area contributed by atoms with Gasteiger partial charge in [0.1, 0.15) is 0 Å². The van der Waals surface area contributed by atoms with Crippen LogP contribution in [0.5, 0.6) is 0 Å². The van der Waals surface area contributed by atoms with Crippen molar-refractivity contribution in [2.75, 3.05) is 0 Å². The molecule has 1 aliphatic heterocycles. The first-order valence-corrected chi connectivity index (χ1v) is 4.40. The second-order valence-electron chi connectivity index (χ2n) is 2.89. The summed E-state index contributed by atoms with van der Waals surface area (Å²) in [4.78, 5) is 19.8. The molecule has 15 heavy (non-hydrogen) atoms. The monoisotopic (exact) mass is 214 g/mol. The molecule has 1 unspecified atom stereocenters. The van der Waals surface area contributed by atoms with Crippen LogP contribution < -0.4 is 0 Å². The quantitative estimate of drug-likeness (QED) is 0.694. The highest BCUT2D eigenvalue weighted by molar-refractivity contribution is 5.79. The van der Waals surface area contributed by atoms with E-state index >= 15 is 0 Å². The lowest BCUT2D eigenvalue weighted by Gasteiger charge is -2.21. The molecule has 5 nitrogen and oxygen atoms in total. The normalized spacial score (nSPS) is 22.2. The molecular weight excluding hydrogens is 200 g/mol. The van der Waals surface area contributed by atoms with Crippen molar-refractivity contribution in [2.45, 2.75) is 25.4 Å². The Kier molecular flexibility index (Phi) is 5.15. The highest BCUT2D eigenvalue weighted by atomic mass is 16.5. The molecule has 84 valence electrons. The third-order valence-electron chi connectivity index (χ3n) is 1.97. The molecule has 1 aliphatic rings. The van der Waals surface area contributed by atoms with Crippen LogP contribution in [0.15, 0.2) is 25.0 Å². The maximum absolute atomic E-state index is 10.6. The zero-order valence-electron chi connectivity index (χ0n) is 8.47. The molecule has 0 aromatic rings. The Hall–Kier alpha value is -1.78. The summed E-state index contributed by atoms with van der Waals surface area (Å²) in [7, 11) is 0. The Morgan fingerprint density at radius 1 is 1.60 bits per heavy atom. The topological polar surface area (TPSA) is 83.8 Å². The minimum Gasteiger partial charge on any atom is -0.483 e. The third kappa shape index (κ3) is 3.84. The van der Waals surface area contributed by atoms with Gasteiger partial charge >= 0.3 is 11.9 Å². The van der Waals surface area contributed by atoms with Crippen LogP contribution in [0.25, 0.3) is 0 Å². The highest BCUT2D eigenvalue weighted by Crippen LogP contribution is 2.26. The predicted molar refractivity (Wildman–Crippen MR) is 53.3 cm³/mol. The molecule has 1 atom stereocenters. The third-order valence-corrected chi connectivity index (χ3v) is 1.97. The van der Waals surface area contributed by atoms with Crippen LogP contribution in [0.4, 0.5) is 0 Å². The summed E-state index contributed by atoms with van der Waals surface area (Å²) in [5.74, 6) is -1.86. The molecule has 0 saturated heterocycles. The van der Waals surface area contributed by atoms with Gasteiger partial charge in [-0.15, -0.1) is 0 Å². The molecule has 0 bridgehead atoms. The molecule has 0 amide bonds. The highest BCUT2D eigenvalue weighted by Gasteiger charge is 2.39.